The van der Waals surface area contributed by atoms with E-state index in [0.29, 0.717) is 6.67 Å². The fourth-order valence-electron chi connectivity index (χ4n) is 0.853. The van der Waals surface area contributed by atoms with Gasteiger partial charge >= 0.3 is 0 Å². The van der Waals surface area contributed by atoms with Crippen LogP contribution in [0.2, 0.25) is 0 Å². The van der Waals surface area contributed by atoms with Crippen LogP contribution < -0.4 is 17.7 Å². The van der Waals surface area contributed by atoms with Crippen LogP contribution in [0.4, 0.5) is 0 Å². The summed E-state index contributed by atoms with van der Waals surface area (Å²) in [5.41, 5.74) is 0. The molecule has 0 fully saturated rings. The molecule has 0 heterocycles. The highest BCUT2D eigenvalue weighted by molar-refractivity contribution is 4.41. The van der Waals surface area contributed by atoms with Crippen molar-refractivity contribution >= 4 is 0 Å². The first-order chi connectivity index (χ1) is 5.06. The van der Waals surface area contributed by atoms with E-state index in [0.717, 1.165) is 6.54 Å². The summed E-state index contributed by atoms with van der Waals surface area (Å²) in [6.45, 7) is 3.83. The predicted octanol–water partition coefficient (Wildman–Crippen LogP) is -1.81. The third-order valence-electron chi connectivity index (χ3n) is 1.46. The Morgan fingerprint density at radius 1 is 1.25 bits per heavy atom. The lowest BCUT2D eigenvalue weighted by atomic mass is 10.2. The largest absolute Gasteiger partial charge is 1.00 e. The van der Waals surface area contributed by atoms with E-state index < -0.39 is 0 Å². The van der Waals surface area contributed by atoms with Crippen LogP contribution >= 0.6 is 0 Å². The van der Waals surface area contributed by atoms with Gasteiger partial charge in [-0.3, -0.25) is 5.32 Å². The summed E-state index contributed by atoms with van der Waals surface area (Å²) in [6.07, 6.45) is 3.72. The highest BCUT2D eigenvalue weighted by Crippen LogP contribution is 1.91. The van der Waals surface area contributed by atoms with Crippen molar-refractivity contribution in [3.8, 4) is 0 Å². The number of hydroxylamine groups is 3. The number of nitrogens with zero attached hydrogens (tertiary/aromatic N) is 1. The Bertz CT molecular complexity index is 93.5. The summed E-state index contributed by atoms with van der Waals surface area (Å²) < 4.78 is 0.00608. The number of unbranched alkanes of at least 4 members (excludes halogenated alkanes) is 2. The first-order valence-electron chi connectivity index (χ1n) is 4.32. The van der Waals surface area contributed by atoms with E-state index in [-0.39, 0.29) is 17.1 Å². The molecule has 2 N–H and O–H groups in total. The van der Waals surface area contributed by atoms with Gasteiger partial charge in [0.2, 0.25) is 0 Å². The molecule has 0 aromatic rings. The normalized spacial score (nSPS) is 11.0. The van der Waals surface area contributed by atoms with Crippen LogP contribution in [0.5, 0.6) is 0 Å². The number of rotatable bonds is 6. The topological polar surface area (TPSA) is 32.3 Å². The van der Waals surface area contributed by atoms with Gasteiger partial charge in [-0.15, -0.1) is 0 Å². The standard InChI is InChI=1S/C8H21N2O.ClH/c1-4-5-6-7-9-8-10(2,3)11;/h9,11H,4-8H2,1-3H3;1H/q+1;/p-1. The van der Waals surface area contributed by atoms with E-state index in [4.69, 9.17) is 0 Å². The highest BCUT2D eigenvalue weighted by Gasteiger charge is 2.07. The van der Waals surface area contributed by atoms with Gasteiger partial charge in [-0.05, 0) is 6.42 Å². The number of halogens is 1. The maximum atomic E-state index is 9.25. The molecule has 4 heteroatoms. The second-order valence-electron chi connectivity index (χ2n) is 3.49. The van der Waals surface area contributed by atoms with Gasteiger partial charge in [-0.2, -0.15) is 4.65 Å². The third kappa shape index (κ3) is 12.8. The summed E-state index contributed by atoms with van der Waals surface area (Å²) in [6, 6.07) is 0. The lowest BCUT2D eigenvalue weighted by molar-refractivity contribution is -1.07. The number of quaternary nitrogens is 1. The average Bonchev–Trinajstić information content (AvgIpc) is 1.85. The van der Waals surface area contributed by atoms with Crippen LogP contribution in [0.1, 0.15) is 26.2 Å². The second kappa shape index (κ2) is 7.80. The molecule has 0 spiro atoms. The highest BCUT2D eigenvalue weighted by atomic mass is 35.5. The fraction of sp³-hybridized carbons (Fsp3) is 1.00. The first-order valence-corrected chi connectivity index (χ1v) is 4.32. The minimum Gasteiger partial charge on any atom is -1.00 e. The van der Waals surface area contributed by atoms with Gasteiger partial charge in [-0.25, -0.2) is 5.21 Å². The lowest BCUT2D eigenvalue weighted by Gasteiger charge is -2.19. The van der Waals surface area contributed by atoms with E-state index in [9.17, 15) is 5.21 Å². The molecule has 3 nitrogen and oxygen atoms in total. The number of hydrogen-bond acceptors (Lipinski definition) is 2. The van der Waals surface area contributed by atoms with Crippen LogP contribution in [-0.4, -0.2) is 37.2 Å². The molecule has 0 aliphatic heterocycles. The monoisotopic (exact) mass is 196 g/mol. The van der Waals surface area contributed by atoms with Crippen LogP contribution in [0.15, 0.2) is 0 Å². The zero-order valence-corrected chi connectivity index (χ0v) is 9.06. The Labute approximate surface area is 81.7 Å². The molecule has 0 amide bonds. The molecule has 0 bridgehead atoms. The quantitative estimate of drug-likeness (QED) is 0.227. The lowest BCUT2D eigenvalue weighted by Crippen LogP contribution is -3.00. The molecule has 76 valence electrons. The van der Waals surface area contributed by atoms with E-state index in [2.05, 4.69) is 12.2 Å². The van der Waals surface area contributed by atoms with E-state index >= 15 is 0 Å². The summed E-state index contributed by atoms with van der Waals surface area (Å²) >= 11 is 0. The first kappa shape index (κ1) is 14.7. The van der Waals surface area contributed by atoms with Crippen molar-refractivity contribution in [1.29, 1.82) is 0 Å². The summed E-state index contributed by atoms with van der Waals surface area (Å²) in [4.78, 5) is 0. The summed E-state index contributed by atoms with van der Waals surface area (Å²) in [7, 11) is 3.51. The van der Waals surface area contributed by atoms with Crippen LogP contribution in [0, 0.1) is 0 Å². The molecule has 0 radical (unpaired) electrons. The van der Waals surface area contributed by atoms with Gasteiger partial charge in [0.25, 0.3) is 0 Å². The Hall–Kier alpha value is 0.170. The molecule has 0 saturated heterocycles. The van der Waals surface area contributed by atoms with Gasteiger partial charge in [-0.1, -0.05) is 19.8 Å². The van der Waals surface area contributed by atoms with Crippen molar-refractivity contribution in [3.63, 3.8) is 0 Å². The molecule has 0 aromatic heterocycles. The van der Waals surface area contributed by atoms with Crippen LogP contribution in [0.3, 0.4) is 0 Å². The van der Waals surface area contributed by atoms with Gasteiger partial charge in [0.1, 0.15) is 0 Å². The molecule has 0 atom stereocenters. The molecule has 0 unspecified atom stereocenters. The third-order valence-corrected chi connectivity index (χ3v) is 1.46. The molecule has 0 rings (SSSR count). The maximum Gasteiger partial charge on any atom is 0.162 e. The minimum absolute atomic E-state index is 0. The molecular formula is C8H21ClN2O. The minimum atomic E-state index is 0. The van der Waals surface area contributed by atoms with Gasteiger partial charge < -0.3 is 12.4 Å². The van der Waals surface area contributed by atoms with E-state index in [1.54, 1.807) is 14.1 Å². The van der Waals surface area contributed by atoms with Crippen molar-refractivity contribution in [2.75, 3.05) is 27.3 Å². The van der Waals surface area contributed by atoms with Gasteiger partial charge in [0.15, 0.2) is 6.67 Å². The molecule has 0 aliphatic carbocycles. The van der Waals surface area contributed by atoms with Gasteiger partial charge in [0, 0.05) is 6.54 Å². The van der Waals surface area contributed by atoms with Crippen LogP contribution in [-0.2, 0) is 0 Å². The van der Waals surface area contributed by atoms with Crippen molar-refractivity contribution in [2.24, 2.45) is 0 Å². The second-order valence-corrected chi connectivity index (χ2v) is 3.49. The smallest absolute Gasteiger partial charge is 0.162 e. The molecule has 0 saturated carbocycles. The van der Waals surface area contributed by atoms with Crippen molar-refractivity contribution in [3.05, 3.63) is 0 Å². The Morgan fingerprint density at radius 2 is 1.83 bits per heavy atom. The Morgan fingerprint density at radius 3 is 2.25 bits per heavy atom. The van der Waals surface area contributed by atoms with Gasteiger partial charge in [0.05, 0.1) is 14.1 Å². The fourth-order valence-corrected chi connectivity index (χ4v) is 0.853. The predicted molar refractivity (Wildman–Crippen MR) is 46.3 cm³/mol. The molecule has 12 heavy (non-hydrogen) atoms. The summed E-state index contributed by atoms with van der Waals surface area (Å²) in [5, 5.41) is 12.4. The molecule has 0 aromatic carbocycles. The van der Waals surface area contributed by atoms with Crippen molar-refractivity contribution in [1.82, 2.24) is 5.32 Å². The SMILES string of the molecule is CCCCCNC[N+](C)(C)O.[Cl-]. The van der Waals surface area contributed by atoms with Crippen molar-refractivity contribution in [2.45, 2.75) is 26.2 Å². The number of nitrogens with one attached hydrogen (secondary N) is 1. The van der Waals surface area contributed by atoms with Crippen molar-refractivity contribution < 1.29 is 22.3 Å². The van der Waals surface area contributed by atoms with Crippen LogP contribution in [0.25, 0.3) is 0 Å². The van der Waals surface area contributed by atoms with E-state index in [1.807, 2.05) is 0 Å². The molecule has 0 aliphatic rings. The number of hydrogen-bond donors (Lipinski definition) is 2. The average molecular weight is 197 g/mol. The zero-order valence-electron chi connectivity index (χ0n) is 8.31. The summed E-state index contributed by atoms with van der Waals surface area (Å²) in [5.74, 6) is 0. The molecular weight excluding hydrogens is 176 g/mol. The Kier molecular flexibility index (Phi) is 9.54. The zero-order chi connectivity index (χ0) is 8.74. The maximum absolute atomic E-state index is 9.25. The van der Waals surface area contributed by atoms with E-state index in [1.165, 1.54) is 19.3 Å². The Balaban J connectivity index is 0.